The molecular weight excluding hydrogens is 316 g/mol. The number of para-hydroxylation sites is 1. The number of benzene rings is 2. The normalized spacial score (nSPS) is 10.6. The van der Waals surface area contributed by atoms with Crippen LogP contribution in [0.25, 0.3) is 5.69 Å². The van der Waals surface area contributed by atoms with E-state index in [0.29, 0.717) is 11.3 Å². The van der Waals surface area contributed by atoms with Crippen molar-refractivity contribution in [1.29, 1.82) is 0 Å². The Bertz CT molecular complexity index is 839. The molecule has 1 heterocycles. The van der Waals surface area contributed by atoms with Crippen molar-refractivity contribution in [3.05, 3.63) is 69.7 Å². The maximum Gasteiger partial charge on any atom is 0.199 e. The highest BCUT2D eigenvalue weighted by atomic mass is 35.5. The number of nitrogens with zero attached hydrogens (tertiary/aromatic N) is 2. The summed E-state index contributed by atoms with van der Waals surface area (Å²) in [5.74, 6) is 0.815. The van der Waals surface area contributed by atoms with Crippen LogP contribution in [0.2, 0.25) is 5.02 Å². The second-order valence-corrected chi connectivity index (χ2v) is 5.68. The molecule has 6 heteroatoms. The molecule has 112 valence electrons. The van der Waals surface area contributed by atoms with Gasteiger partial charge >= 0.3 is 0 Å². The Morgan fingerprint density at radius 3 is 2.73 bits per heavy atom. The largest absolute Gasteiger partial charge is 0.377 e. The van der Waals surface area contributed by atoms with Crippen LogP contribution in [-0.4, -0.2) is 14.8 Å². The van der Waals surface area contributed by atoms with Crippen molar-refractivity contribution in [2.45, 2.75) is 13.5 Å². The molecule has 0 radical (unpaired) electrons. The quantitative estimate of drug-likeness (QED) is 0.692. The molecule has 0 spiro atoms. The van der Waals surface area contributed by atoms with Crippen LogP contribution in [0.1, 0.15) is 11.4 Å². The topological polar surface area (TPSA) is 45.6 Å². The molecule has 0 unspecified atom stereocenters. The molecule has 22 heavy (non-hydrogen) atoms. The first kappa shape index (κ1) is 14.8. The lowest BCUT2D eigenvalue weighted by atomic mass is 10.2. The van der Waals surface area contributed by atoms with Crippen molar-refractivity contribution in [2.75, 3.05) is 5.32 Å². The summed E-state index contributed by atoms with van der Waals surface area (Å²) in [5.41, 5.74) is 2.99. The average Bonchev–Trinajstić information content (AvgIpc) is 2.90. The standard InChI is InChI=1S/C16H15ClN4S/c1-11-13(17)8-5-9-14(11)18-10-15-19-20-16(22)21(15)12-6-3-2-4-7-12/h2-9,18H,10H2,1H3,(H,20,22). The third-order valence-corrected chi connectivity index (χ3v) is 4.14. The lowest BCUT2D eigenvalue weighted by Crippen LogP contribution is -2.08. The number of aromatic nitrogens is 3. The molecule has 0 aliphatic heterocycles. The molecule has 4 nitrogen and oxygen atoms in total. The fourth-order valence-electron chi connectivity index (χ4n) is 2.26. The Balaban J connectivity index is 1.88. The molecule has 0 fully saturated rings. The first-order valence-electron chi connectivity index (χ1n) is 6.87. The number of halogens is 1. The summed E-state index contributed by atoms with van der Waals surface area (Å²) >= 11 is 11.5. The molecule has 0 atom stereocenters. The third kappa shape index (κ3) is 2.91. The summed E-state index contributed by atoms with van der Waals surface area (Å²) < 4.78 is 2.49. The van der Waals surface area contributed by atoms with Gasteiger partial charge in [-0.25, -0.2) is 0 Å². The van der Waals surface area contributed by atoms with E-state index in [9.17, 15) is 0 Å². The zero-order valence-electron chi connectivity index (χ0n) is 12.0. The van der Waals surface area contributed by atoms with Crippen LogP contribution in [0, 0.1) is 11.7 Å². The number of anilines is 1. The molecule has 2 aromatic carbocycles. The Labute approximate surface area is 138 Å². The molecule has 0 saturated heterocycles. The fraction of sp³-hybridized carbons (Fsp3) is 0.125. The van der Waals surface area contributed by atoms with Gasteiger partial charge in [-0.3, -0.25) is 9.67 Å². The van der Waals surface area contributed by atoms with Crippen LogP contribution in [0.15, 0.2) is 48.5 Å². The van der Waals surface area contributed by atoms with Crippen LogP contribution in [0.3, 0.4) is 0 Å². The molecule has 0 amide bonds. The monoisotopic (exact) mass is 330 g/mol. The van der Waals surface area contributed by atoms with E-state index in [2.05, 4.69) is 15.5 Å². The number of nitrogens with one attached hydrogen (secondary N) is 2. The van der Waals surface area contributed by atoms with Gasteiger partial charge in [0.2, 0.25) is 0 Å². The first-order valence-corrected chi connectivity index (χ1v) is 7.66. The van der Waals surface area contributed by atoms with Crippen molar-refractivity contribution in [3.63, 3.8) is 0 Å². The lowest BCUT2D eigenvalue weighted by Gasteiger charge is -2.11. The second-order valence-electron chi connectivity index (χ2n) is 4.88. The van der Waals surface area contributed by atoms with Gasteiger partial charge in [-0.15, -0.1) is 0 Å². The molecule has 3 aromatic rings. The van der Waals surface area contributed by atoms with E-state index in [1.165, 1.54) is 0 Å². The predicted octanol–water partition coefficient (Wildman–Crippen LogP) is 4.50. The van der Waals surface area contributed by atoms with Crippen molar-refractivity contribution in [3.8, 4) is 5.69 Å². The Kier molecular flexibility index (Phi) is 4.27. The molecule has 2 N–H and O–H groups in total. The summed E-state index contributed by atoms with van der Waals surface area (Å²) in [5, 5.41) is 11.3. The summed E-state index contributed by atoms with van der Waals surface area (Å²) in [6, 6.07) is 15.7. The summed E-state index contributed by atoms with van der Waals surface area (Å²) in [6.45, 7) is 2.53. The van der Waals surface area contributed by atoms with Gasteiger partial charge < -0.3 is 5.32 Å². The van der Waals surface area contributed by atoms with Crippen LogP contribution >= 0.6 is 23.8 Å². The van der Waals surface area contributed by atoms with Gasteiger partial charge in [0.05, 0.1) is 6.54 Å². The Morgan fingerprint density at radius 1 is 1.18 bits per heavy atom. The minimum Gasteiger partial charge on any atom is -0.377 e. The fourth-order valence-corrected chi connectivity index (χ4v) is 2.70. The van der Waals surface area contributed by atoms with E-state index in [1.807, 2.05) is 60.0 Å². The minimum absolute atomic E-state index is 0.545. The zero-order valence-corrected chi connectivity index (χ0v) is 13.6. The van der Waals surface area contributed by atoms with Crippen molar-refractivity contribution < 1.29 is 0 Å². The van der Waals surface area contributed by atoms with E-state index in [-0.39, 0.29) is 0 Å². The molecule has 0 aliphatic rings. The first-order chi connectivity index (χ1) is 10.7. The van der Waals surface area contributed by atoms with Crippen LogP contribution in [0.4, 0.5) is 5.69 Å². The number of hydrogen-bond donors (Lipinski definition) is 2. The number of rotatable bonds is 4. The van der Waals surface area contributed by atoms with Gasteiger partial charge in [-0.05, 0) is 49.0 Å². The number of H-pyrrole nitrogens is 1. The summed E-state index contributed by atoms with van der Waals surface area (Å²) in [6.07, 6.45) is 0. The highest BCUT2D eigenvalue weighted by Crippen LogP contribution is 2.23. The maximum atomic E-state index is 6.14. The van der Waals surface area contributed by atoms with Crippen LogP contribution in [-0.2, 0) is 6.54 Å². The van der Waals surface area contributed by atoms with Gasteiger partial charge in [0.1, 0.15) is 0 Å². The highest BCUT2D eigenvalue weighted by molar-refractivity contribution is 7.71. The van der Waals surface area contributed by atoms with E-state index in [4.69, 9.17) is 23.8 Å². The maximum absolute atomic E-state index is 6.14. The highest BCUT2D eigenvalue weighted by Gasteiger charge is 2.09. The number of aromatic amines is 1. The van der Waals surface area contributed by atoms with Gasteiger partial charge in [0, 0.05) is 16.4 Å². The van der Waals surface area contributed by atoms with Crippen molar-refractivity contribution >= 4 is 29.5 Å². The van der Waals surface area contributed by atoms with E-state index >= 15 is 0 Å². The van der Waals surface area contributed by atoms with E-state index in [0.717, 1.165) is 27.8 Å². The number of hydrogen-bond acceptors (Lipinski definition) is 3. The molecule has 0 saturated carbocycles. The zero-order chi connectivity index (χ0) is 15.5. The molecule has 1 aromatic heterocycles. The van der Waals surface area contributed by atoms with Gasteiger partial charge in [-0.2, -0.15) is 5.10 Å². The van der Waals surface area contributed by atoms with Crippen LogP contribution in [0.5, 0.6) is 0 Å². The minimum atomic E-state index is 0.545. The van der Waals surface area contributed by atoms with E-state index in [1.54, 1.807) is 0 Å². The van der Waals surface area contributed by atoms with E-state index < -0.39 is 0 Å². The second kappa shape index (κ2) is 6.34. The molecule has 0 aliphatic carbocycles. The molecule has 3 rings (SSSR count). The molecule has 0 bridgehead atoms. The third-order valence-electron chi connectivity index (χ3n) is 3.46. The predicted molar refractivity (Wildman–Crippen MR) is 92.3 cm³/mol. The van der Waals surface area contributed by atoms with Crippen molar-refractivity contribution in [1.82, 2.24) is 14.8 Å². The smallest absolute Gasteiger partial charge is 0.199 e. The Morgan fingerprint density at radius 2 is 1.95 bits per heavy atom. The van der Waals surface area contributed by atoms with Gasteiger partial charge in [0.25, 0.3) is 0 Å². The van der Waals surface area contributed by atoms with Crippen molar-refractivity contribution in [2.24, 2.45) is 0 Å². The SMILES string of the molecule is Cc1c(Cl)cccc1NCc1n[nH]c(=S)n1-c1ccccc1. The van der Waals surface area contributed by atoms with Crippen LogP contribution < -0.4 is 5.32 Å². The summed E-state index contributed by atoms with van der Waals surface area (Å²) in [7, 11) is 0. The Hall–Kier alpha value is -2.11. The lowest BCUT2D eigenvalue weighted by molar-refractivity contribution is 0.887. The average molecular weight is 331 g/mol. The van der Waals surface area contributed by atoms with Gasteiger partial charge in [0.15, 0.2) is 10.6 Å². The van der Waals surface area contributed by atoms with Gasteiger partial charge in [-0.1, -0.05) is 35.9 Å². The molecular formula is C16H15ClN4S. The summed E-state index contributed by atoms with van der Waals surface area (Å²) in [4.78, 5) is 0.